The number of nitrogens with zero attached hydrogens (tertiary/aromatic N) is 2. The first-order valence-corrected chi connectivity index (χ1v) is 4.73. The summed E-state index contributed by atoms with van der Waals surface area (Å²) >= 11 is 0. The summed E-state index contributed by atoms with van der Waals surface area (Å²) in [6, 6.07) is 0.710. The van der Waals surface area contributed by atoms with Gasteiger partial charge < -0.3 is 14.9 Å². The number of aliphatic hydroxyl groups excluding tert-OH is 1. The van der Waals surface area contributed by atoms with Crippen LogP contribution in [0.1, 0.15) is 12.8 Å². The van der Waals surface area contributed by atoms with Gasteiger partial charge in [-0.3, -0.25) is 0 Å². The Kier molecular flexibility index (Phi) is 3.98. The van der Waals surface area contributed by atoms with Crippen LogP contribution >= 0.6 is 0 Å². The van der Waals surface area contributed by atoms with E-state index in [2.05, 4.69) is 23.9 Å². The van der Waals surface area contributed by atoms with Crippen LogP contribution in [0.3, 0.4) is 0 Å². The smallest absolute Gasteiger partial charge is 0.0558 e. The molecule has 1 N–H and O–H groups in total. The lowest BCUT2D eigenvalue weighted by Gasteiger charge is -2.25. The van der Waals surface area contributed by atoms with Crippen molar-refractivity contribution in [1.29, 1.82) is 0 Å². The Balaban J connectivity index is 2.20. The van der Waals surface area contributed by atoms with Crippen LogP contribution in [0.2, 0.25) is 0 Å². The second-order valence-electron chi connectivity index (χ2n) is 3.76. The van der Waals surface area contributed by atoms with Gasteiger partial charge >= 0.3 is 0 Å². The molecular weight excluding hydrogens is 152 g/mol. The normalized spacial score (nSPS) is 25.5. The quantitative estimate of drug-likeness (QED) is 0.647. The summed E-state index contributed by atoms with van der Waals surface area (Å²) < 4.78 is 0. The molecule has 0 radical (unpaired) electrons. The van der Waals surface area contributed by atoms with Gasteiger partial charge in [-0.1, -0.05) is 0 Å². The zero-order valence-electron chi connectivity index (χ0n) is 8.16. The van der Waals surface area contributed by atoms with E-state index in [9.17, 15) is 0 Å². The second-order valence-corrected chi connectivity index (χ2v) is 3.76. The number of likely N-dealkylation sites (N-methyl/N-ethyl adjacent to an activating group) is 2. The van der Waals surface area contributed by atoms with Gasteiger partial charge in [0.15, 0.2) is 0 Å². The Labute approximate surface area is 75.0 Å². The fourth-order valence-electron chi connectivity index (χ4n) is 1.83. The summed E-state index contributed by atoms with van der Waals surface area (Å²) in [5, 5.41) is 8.72. The number of aliphatic hydroxyl groups is 1. The summed E-state index contributed by atoms with van der Waals surface area (Å²) in [7, 11) is 4.26. The Bertz CT molecular complexity index is 130. The number of rotatable bonds is 4. The third-order valence-corrected chi connectivity index (χ3v) is 2.68. The van der Waals surface area contributed by atoms with Gasteiger partial charge in [0.05, 0.1) is 6.61 Å². The van der Waals surface area contributed by atoms with E-state index in [0.717, 1.165) is 13.1 Å². The molecular formula is C9H20N2O. The van der Waals surface area contributed by atoms with E-state index in [1.165, 1.54) is 19.4 Å². The Morgan fingerprint density at radius 3 is 2.83 bits per heavy atom. The summed E-state index contributed by atoms with van der Waals surface area (Å²) in [6.07, 6.45) is 2.64. The van der Waals surface area contributed by atoms with Crippen molar-refractivity contribution in [3.8, 4) is 0 Å². The Hall–Kier alpha value is -0.120. The lowest BCUT2D eigenvalue weighted by molar-refractivity contribution is 0.181. The molecule has 1 atom stereocenters. The molecule has 3 nitrogen and oxygen atoms in total. The van der Waals surface area contributed by atoms with Gasteiger partial charge in [0.2, 0.25) is 0 Å². The molecule has 1 heterocycles. The molecule has 0 aromatic rings. The van der Waals surface area contributed by atoms with Gasteiger partial charge in [-0.2, -0.15) is 0 Å². The molecule has 1 rings (SSSR count). The summed E-state index contributed by atoms with van der Waals surface area (Å²) in [6.45, 7) is 3.39. The number of hydrogen-bond donors (Lipinski definition) is 1. The second kappa shape index (κ2) is 4.80. The van der Waals surface area contributed by atoms with Gasteiger partial charge in [0.25, 0.3) is 0 Å². The standard InChI is InChI=1S/C9H20N2O/c1-10(6-7-12)8-9-4-3-5-11(9)2/h9,12H,3-8H2,1-2H3/t9-/m1/s1. The lowest BCUT2D eigenvalue weighted by atomic mass is 10.2. The van der Waals surface area contributed by atoms with Gasteiger partial charge in [-0.05, 0) is 33.5 Å². The van der Waals surface area contributed by atoms with Crippen LogP contribution in [0.15, 0.2) is 0 Å². The molecule has 72 valence electrons. The average molecular weight is 172 g/mol. The van der Waals surface area contributed by atoms with Crippen molar-refractivity contribution in [3.05, 3.63) is 0 Å². The first-order chi connectivity index (χ1) is 5.74. The highest BCUT2D eigenvalue weighted by atomic mass is 16.3. The fourth-order valence-corrected chi connectivity index (χ4v) is 1.83. The Morgan fingerprint density at radius 1 is 1.58 bits per heavy atom. The molecule has 1 saturated heterocycles. The molecule has 1 fully saturated rings. The molecule has 0 amide bonds. The van der Waals surface area contributed by atoms with Crippen molar-refractivity contribution in [2.24, 2.45) is 0 Å². The highest BCUT2D eigenvalue weighted by Gasteiger charge is 2.21. The van der Waals surface area contributed by atoms with Gasteiger partial charge in [-0.25, -0.2) is 0 Å². The van der Waals surface area contributed by atoms with Crippen molar-refractivity contribution < 1.29 is 5.11 Å². The van der Waals surface area contributed by atoms with Crippen LogP contribution in [-0.2, 0) is 0 Å². The minimum Gasteiger partial charge on any atom is -0.395 e. The molecule has 0 aliphatic carbocycles. The van der Waals surface area contributed by atoms with E-state index in [0.29, 0.717) is 6.04 Å². The maximum atomic E-state index is 8.72. The van der Waals surface area contributed by atoms with Crippen LogP contribution in [0.25, 0.3) is 0 Å². The highest BCUT2D eigenvalue weighted by Crippen LogP contribution is 2.14. The summed E-state index contributed by atoms with van der Waals surface area (Å²) in [4.78, 5) is 4.61. The molecule has 1 aliphatic heterocycles. The molecule has 0 spiro atoms. The molecule has 0 unspecified atom stereocenters. The monoisotopic (exact) mass is 172 g/mol. The van der Waals surface area contributed by atoms with E-state index in [4.69, 9.17) is 5.11 Å². The van der Waals surface area contributed by atoms with Crippen LogP contribution in [0, 0.1) is 0 Å². The van der Waals surface area contributed by atoms with E-state index in [1.54, 1.807) is 0 Å². The maximum Gasteiger partial charge on any atom is 0.0558 e. The highest BCUT2D eigenvalue weighted by molar-refractivity contribution is 4.78. The first kappa shape index (κ1) is 9.96. The molecule has 3 heteroatoms. The topological polar surface area (TPSA) is 26.7 Å². The van der Waals surface area contributed by atoms with Crippen LogP contribution in [0.4, 0.5) is 0 Å². The van der Waals surface area contributed by atoms with Gasteiger partial charge in [0, 0.05) is 19.1 Å². The van der Waals surface area contributed by atoms with Crippen LogP contribution < -0.4 is 0 Å². The van der Waals surface area contributed by atoms with Crippen molar-refractivity contribution in [1.82, 2.24) is 9.80 Å². The third-order valence-electron chi connectivity index (χ3n) is 2.68. The maximum absolute atomic E-state index is 8.72. The van der Waals surface area contributed by atoms with Crippen molar-refractivity contribution in [2.45, 2.75) is 18.9 Å². The molecule has 0 aromatic heterocycles. The van der Waals surface area contributed by atoms with E-state index >= 15 is 0 Å². The molecule has 0 bridgehead atoms. The summed E-state index contributed by atoms with van der Waals surface area (Å²) in [5.41, 5.74) is 0. The number of likely N-dealkylation sites (tertiary alicyclic amines) is 1. The predicted octanol–water partition coefficient (Wildman–Crippen LogP) is 0.00470. The summed E-state index contributed by atoms with van der Waals surface area (Å²) in [5.74, 6) is 0. The van der Waals surface area contributed by atoms with Crippen molar-refractivity contribution in [2.75, 3.05) is 40.3 Å². The molecule has 12 heavy (non-hydrogen) atoms. The van der Waals surface area contributed by atoms with Crippen LogP contribution in [0.5, 0.6) is 0 Å². The van der Waals surface area contributed by atoms with Crippen molar-refractivity contribution in [3.63, 3.8) is 0 Å². The average Bonchev–Trinajstić information content (AvgIpc) is 2.37. The van der Waals surface area contributed by atoms with E-state index in [1.807, 2.05) is 0 Å². The predicted molar refractivity (Wildman–Crippen MR) is 50.2 cm³/mol. The van der Waals surface area contributed by atoms with Crippen molar-refractivity contribution >= 4 is 0 Å². The zero-order valence-corrected chi connectivity index (χ0v) is 8.16. The van der Waals surface area contributed by atoms with Crippen LogP contribution in [-0.4, -0.2) is 61.3 Å². The minimum atomic E-state index is 0.271. The SMILES string of the molecule is CN(CCO)C[C@H]1CCCN1C. The van der Waals surface area contributed by atoms with E-state index in [-0.39, 0.29) is 6.61 Å². The first-order valence-electron chi connectivity index (χ1n) is 4.73. The number of hydrogen-bond acceptors (Lipinski definition) is 3. The minimum absolute atomic E-state index is 0.271. The molecule has 1 aliphatic rings. The lowest BCUT2D eigenvalue weighted by Crippen LogP contribution is -2.37. The Morgan fingerprint density at radius 2 is 2.33 bits per heavy atom. The zero-order chi connectivity index (χ0) is 8.97. The van der Waals surface area contributed by atoms with E-state index < -0.39 is 0 Å². The third kappa shape index (κ3) is 2.73. The van der Waals surface area contributed by atoms with Gasteiger partial charge in [-0.15, -0.1) is 0 Å². The largest absolute Gasteiger partial charge is 0.395 e. The molecule has 0 saturated carbocycles. The molecule has 0 aromatic carbocycles. The fraction of sp³-hybridized carbons (Fsp3) is 1.00. The van der Waals surface area contributed by atoms with Gasteiger partial charge in [0.1, 0.15) is 0 Å².